The summed E-state index contributed by atoms with van der Waals surface area (Å²) in [6, 6.07) is 7.94. The number of hydrogen-bond acceptors (Lipinski definition) is 3. The Labute approximate surface area is 162 Å². The van der Waals surface area contributed by atoms with Gasteiger partial charge in [0.15, 0.2) is 0 Å². The van der Waals surface area contributed by atoms with Gasteiger partial charge in [0.05, 0.1) is 0 Å². The van der Waals surface area contributed by atoms with Gasteiger partial charge in [0.1, 0.15) is 0 Å². The van der Waals surface area contributed by atoms with Crippen LogP contribution in [0.3, 0.4) is 0 Å². The van der Waals surface area contributed by atoms with E-state index in [0.717, 1.165) is 37.1 Å². The summed E-state index contributed by atoms with van der Waals surface area (Å²) in [7, 11) is 0. The van der Waals surface area contributed by atoms with Gasteiger partial charge in [0.2, 0.25) is 11.8 Å². The Kier molecular flexibility index (Phi) is 5.43. The molecule has 146 valence electrons. The molecule has 0 aliphatic carbocycles. The van der Waals surface area contributed by atoms with Crippen LogP contribution in [0.2, 0.25) is 0 Å². The lowest BCUT2D eigenvalue weighted by atomic mass is 9.79. The second-order valence-electron chi connectivity index (χ2n) is 9.08. The fraction of sp³-hybridized carbons (Fsp3) is 0.545. The summed E-state index contributed by atoms with van der Waals surface area (Å²) < 4.78 is 0. The Bertz CT molecular complexity index is 718. The molecule has 0 aromatic heterocycles. The van der Waals surface area contributed by atoms with E-state index in [1.807, 2.05) is 35.2 Å². The second kappa shape index (κ2) is 7.47. The summed E-state index contributed by atoms with van der Waals surface area (Å²) >= 11 is 0. The lowest BCUT2D eigenvalue weighted by Gasteiger charge is -2.46. The van der Waals surface area contributed by atoms with Crippen LogP contribution < -0.4 is 15.5 Å². The van der Waals surface area contributed by atoms with Crippen molar-refractivity contribution in [3.63, 3.8) is 0 Å². The molecule has 2 fully saturated rings. The van der Waals surface area contributed by atoms with Crippen molar-refractivity contribution in [2.45, 2.75) is 70.5 Å². The van der Waals surface area contributed by atoms with E-state index in [1.54, 1.807) is 6.08 Å². The number of rotatable bonds is 4. The lowest BCUT2D eigenvalue weighted by Crippen LogP contribution is -2.62. The molecular formula is C22H31N3O2. The van der Waals surface area contributed by atoms with Crippen molar-refractivity contribution < 1.29 is 9.59 Å². The number of carbonyl (C=O) groups is 2. The number of benzene rings is 1. The van der Waals surface area contributed by atoms with Crippen molar-refractivity contribution in [3.8, 4) is 0 Å². The predicted octanol–water partition coefficient (Wildman–Crippen LogP) is 3.25. The predicted molar refractivity (Wildman–Crippen MR) is 110 cm³/mol. The van der Waals surface area contributed by atoms with Gasteiger partial charge >= 0.3 is 0 Å². The van der Waals surface area contributed by atoms with Crippen LogP contribution in [0.25, 0.3) is 6.08 Å². The summed E-state index contributed by atoms with van der Waals surface area (Å²) in [4.78, 5) is 26.0. The molecule has 5 nitrogen and oxygen atoms in total. The Morgan fingerprint density at radius 1 is 1.15 bits per heavy atom. The third kappa shape index (κ3) is 5.19. The van der Waals surface area contributed by atoms with E-state index in [0.29, 0.717) is 6.42 Å². The molecule has 2 aliphatic heterocycles. The molecule has 1 aromatic rings. The third-order valence-corrected chi connectivity index (χ3v) is 5.24. The normalized spacial score (nSPS) is 22.4. The van der Waals surface area contributed by atoms with Crippen LogP contribution in [0.1, 0.15) is 58.9 Å². The SMILES string of the molecule is CC1(C)CC(NC(=O)/C=C/c2ccc(N3CCCC3=O)cc2)CC(C)(C)N1. The molecule has 2 amide bonds. The summed E-state index contributed by atoms with van der Waals surface area (Å²) in [5, 5.41) is 6.77. The lowest BCUT2D eigenvalue weighted by molar-refractivity contribution is -0.118. The van der Waals surface area contributed by atoms with E-state index in [2.05, 4.69) is 38.3 Å². The first-order chi connectivity index (χ1) is 12.6. The summed E-state index contributed by atoms with van der Waals surface area (Å²) in [6.07, 6.45) is 6.79. The topological polar surface area (TPSA) is 61.4 Å². The minimum Gasteiger partial charge on any atom is -0.350 e. The molecule has 0 atom stereocenters. The third-order valence-electron chi connectivity index (χ3n) is 5.24. The van der Waals surface area contributed by atoms with Gasteiger partial charge in [-0.25, -0.2) is 0 Å². The number of anilines is 1. The van der Waals surface area contributed by atoms with Crippen molar-refractivity contribution in [2.75, 3.05) is 11.4 Å². The summed E-state index contributed by atoms with van der Waals surface area (Å²) in [5.41, 5.74) is 1.89. The van der Waals surface area contributed by atoms with Gasteiger partial charge in [0.25, 0.3) is 0 Å². The van der Waals surface area contributed by atoms with Gasteiger partial charge in [0, 0.05) is 41.8 Å². The maximum atomic E-state index is 12.4. The number of piperidine rings is 1. The van der Waals surface area contributed by atoms with Gasteiger partial charge < -0.3 is 15.5 Å². The van der Waals surface area contributed by atoms with Crippen LogP contribution >= 0.6 is 0 Å². The van der Waals surface area contributed by atoms with Crippen molar-refractivity contribution in [1.29, 1.82) is 0 Å². The molecule has 3 rings (SSSR count). The van der Waals surface area contributed by atoms with Crippen LogP contribution in [-0.4, -0.2) is 35.5 Å². The zero-order valence-electron chi connectivity index (χ0n) is 16.8. The molecule has 0 saturated carbocycles. The van der Waals surface area contributed by atoms with Crippen molar-refractivity contribution in [3.05, 3.63) is 35.9 Å². The molecule has 2 saturated heterocycles. The first-order valence-electron chi connectivity index (χ1n) is 9.82. The van der Waals surface area contributed by atoms with E-state index in [4.69, 9.17) is 0 Å². The Hall–Kier alpha value is -2.14. The Morgan fingerprint density at radius 3 is 2.33 bits per heavy atom. The first-order valence-corrected chi connectivity index (χ1v) is 9.82. The van der Waals surface area contributed by atoms with Crippen LogP contribution in [-0.2, 0) is 9.59 Å². The van der Waals surface area contributed by atoms with Crippen molar-refractivity contribution >= 4 is 23.6 Å². The highest BCUT2D eigenvalue weighted by atomic mass is 16.2. The van der Waals surface area contributed by atoms with Crippen molar-refractivity contribution in [1.82, 2.24) is 10.6 Å². The Balaban J connectivity index is 1.57. The number of nitrogens with zero attached hydrogens (tertiary/aromatic N) is 1. The standard InChI is InChI=1S/C22H31N3O2/c1-21(2)14-17(15-22(3,4)24-21)23-19(26)12-9-16-7-10-18(11-8-16)25-13-5-6-20(25)27/h7-12,17,24H,5-6,13-15H2,1-4H3,(H,23,26)/b12-9+. The van der Waals surface area contributed by atoms with E-state index in [1.165, 1.54) is 0 Å². The molecular weight excluding hydrogens is 338 g/mol. The number of hydrogen-bond donors (Lipinski definition) is 2. The summed E-state index contributed by atoms with van der Waals surface area (Å²) in [5.74, 6) is 0.123. The average molecular weight is 370 g/mol. The number of carbonyl (C=O) groups excluding carboxylic acids is 2. The van der Waals surface area contributed by atoms with Crippen LogP contribution in [0.15, 0.2) is 30.3 Å². The monoisotopic (exact) mass is 369 g/mol. The fourth-order valence-corrected chi connectivity index (χ4v) is 4.53. The van der Waals surface area contributed by atoms with Gasteiger partial charge in [-0.15, -0.1) is 0 Å². The van der Waals surface area contributed by atoms with Gasteiger partial charge in [-0.05, 0) is 70.7 Å². The molecule has 2 heterocycles. The highest BCUT2D eigenvalue weighted by Crippen LogP contribution is 2.28. The quantitative estimate of drug-likeness (QED) is 0.801. The van der Waals surface area contributed by atoms with E-state index in [9.17, 15) is 9.59 Å². The largest absolute Gasteiger partial charge is 0.350 e. The van der Waals surface area contributed by atoms with Crippen LogP contribution in [0, 0.1) is 0 Å². The molecule has 5 heteroatoms. The Morgan fingerprint density at radius 2 is 1.78 bits per heavy atom. The molecule has 0 radical (unpaired) electrons. The fourth-order valence-electron chi connectivity index (χ4n) is 4.53. The average Bonchev–Trinajstić information content (AvgIpc) is 2.96. The molecule has 2 N–H and O–H groups in total. The molecule has 2 aliphatic rings. The van der Waals surface area contributed by atoms with Gasteiger partial charge in [-0.3, -0.25) is 9.59 Å². The number of amides is 2. The highest BCUT2D eigenvalue weighted by molar-refractivity contribution is 5.95. The maximum absolute atomic E-state index is 12.4. The van der Waals surface area contributed by atoms with E-state index < -0.39 is 0 Å². The zero-order valence-corrected chi connectivity index (χ0v) is 16.8. The van der Waals surface area contributed by atoms with E-state index >= 15 is 0 Å². The minimum atomic E-state index is -0.0627. The smallest absolute Gasteiger partial charge is 0.244 e. The zero-order chi connectivity index (χ0) is 19.7. The van der Waals surface area contributed by atoms with Crippen LogP contribution in [0.4, 0.5) is 5.69 Å². The van der Waals surface area contributed by atoms with Crippen molar-refractivity contribution in [2.24, 2.45) is 0 Å². The second-order valence-corrected chi connectivity index (χ2v) is 9.08. The minimum absolute atomic E-state index is 0.00620. The molecule has 0 unspecified atom stereocenters. The molecule has 0 spiro atoms. The van der Waals surface area contributed by atoms with Gasteiger partial charge in [-0.2, -0.15) is 0 Å². The number of nitrogens with one attached hydrogen (secondary N) is 2. The molecule has 1 aromatic carbocycles. The highest BCUT2D eigenvalue weighted by Gasteiger charge is 2.37. The first kappa shape index (κ1) is 19.6. The maximum Gasteiger partial charge on any atom is 0.244 e. The van der Waals surface area contributed by atoms with Gasteiger partial charge in [-0.1, -0.05) is 12.1 Å². The molecule has 27 heavy (non-hydrogen) atoms. The van der Waals surface area contributed by atoms with Crippen LogP contribution in [0.5, 0.6) is 0 Å². The summed E-state index contributed by atoms with van der Waals surface area (Å²) in [6.45, 7) is 9.50. The van der Waals surface area contributed by atoms with E-state index in [-0.39, 0.29) is 28.9 Å². The molecule has 0 bridgehead atoms.